The Morgan fingerprint density at radius 2 is 1.54 bits per heavy atom. The molecular formula is C20H15FINS. The number of aryl methyl sites for hydroxylation is 1. The zero-order valence-corrected chi connectivity index (χ0v) is 16.1. The second-order valence-electron chi connectivity index (χ2n) is 5.64. The molecule has 0 radical (unpaired) electrons. The summed E-state index contributed by atoms with van der Waals surface area (Å²) >= 11 is 3.88. The predicted molar refractivity (Wildman–Crippen MR) is 111 cm³/mol. The number of hydrogen-bond donors (Lipinski definition) is 0. The summed E-state index contributed by atoms with van der Waals surface area (Å²) in [5, 5.41) is 2.10. The average Bonchev–Trinajstić information content (AvgIpc) is 3.01. The maximum atomic E-state index is 14.2. The molecule has 0 saturated carbocycles. The Morgan fingerprint density at radius 3 is 2.33 bits per heavy atom. The third-order valence-corrected chi connectivity index (χ3v) is 6.54. The van der Waals surface area contributed by atoms with E-state index in [4.69, 9.17) is 0 Å². The Hall–Kier alpha value is -1.66. The summed E-state index contributed by atoms with van der Waals surface area (Å²) in [6.45, 7) is 2.17. The van der Waals surface area contributed by atoms with E-state index in [1.165, 1.54) is 28.7 Å². The van der Waals surface area contributed by atoms with Gasteiger partial charge in [0.2, 0.25) is 0 Å². The highest BCUT2D eigenvalue weighted by Crippen LogP contribution is 2.44. The van der Waals surface area contributed by atoms with Crippen molar-refractivity contribution < 1.29 is 4.39 Å². The van der Waals surface area contributed by atoms with Crippen LogP contribution in [0.15, 0.2) is 60.7 Å². The van der Waals surface area contributed by atoms with E-state index >= 15 is 0 Å². The fourth-order valence-electron chi connectivity index (χ4n) is 3.06. The van der Waals surface area contributed by atoms with E-state index < -0.39 is 0 Å². The van der Waals surface area contributed by atoms with Gasteiger partial charge in [-0.15, -0.1) is 11.3 Å². The van der Waals surface area contributed by atoms with Crippen molar-refractivity contribution >= 4 is 65.7 Å². The minimum absolute atomic E-state index is 0.145. The molecule has 120 valence electrons. The molecule has 4 rings (SSSR count). The van der Waals surface area contributed by atoms with Crippen LogP contribution in [0.5, 0.6) is 0 Å². The average molecular weight is 447 g/mol. The van der Waals surface area contributed by atoms with E-state index in [2.05, 4.69) is 75.4 Å². The molecular weight excluding hydrogens is 432 g/mol. The number of para-hydroxylation sites is 1. The Balaban J connectivity index is 1.97. The zero-order chi connectivity index (χ0) is 16.7. The molecule has 3 aromatic carbocycles. The lowest BCUT2D eigenvalue weighted by Gasteiger charge is -2.20. The number of thiophene rings is 1. The summed E-state index contributed by atoms with van der Waals surface area (Å²) < 4.78 is 18.2. The molecule has 4 aromatic rings. The first-order valence-electron chi connectivity index (χ1n) is 7.84. The number of rotatable bonds is 3. The molecule has 0 fully saturated rings. The maximum Gasteiger partial charge on any atom is 0.141 e. The van der Waals surface area contributed by atoms with Crippen molar-refractivity contribution in [3.8, 4) is 0 Å². The number of fused-ring (bicyclic) bond motifs is 3. The first-order chi connectivity index (χ1) is 11.7. The monoisotopic (exact) mass is 447 g/mol. The smallest absolute Gasteiger partial charge is 0.141 e. The predicted octanol–water partition coefficient (Wildman–Crippen LogP) is 7.24. The van der Waals surface area contributed by atoms with Crippen LogP contribution in [-0.2, 0) is 6.42 Å². The highest BCUT2D eigenvalue weighted by Gasteiger charge is 2.16. The van der Waals surface area contributed by atoms with Gasteiger partial charge < -0.3 is 0 Å². The second-order valence-corrected chi connectivity index (χ2v) is 7.62. The number of benzene rings is 3. The summed E-state index contributed by atoms with van der Waals surface area (Å²) in [6, 6.07) is 20.0. The van der Waals surface area contributed by atoms with Crippen molar-refractivity contribution in [3.63, 3.8) is 0 Å². The molecule has 0 spiro atoms. The van der Waals surface area contributed by atoms with Gasteiger partial charge in [-0.2, -0.15) is 0 Å². The number of halogens is 2. The largest absolute Gasteiger partial charge is 0.281 e. The maximum absolute atomic E-state index is 14.2. The van der Waals surface area contributed by atoms with Gasteiger partial charge in [-0.1, -0.05) is 49.4 Å². The Kier molecular flexibility index (Phi) is 4.18. The van der Waals surface area contributed by atoms with Gasteiger partial charge in [0.05, 0.1) is 43.6 Å². The lowest BCUT2D eigenvalue weighted by Crippen LogP contribution is -2.03. The van der Waals surface area contributed by atoms with E-state index in [1.807, 2.05) is 6.07 Å². The van der Waals surface area contributed by atoms with Crippen molar-refractivity contribution in [1.29, 1.82) is 0 Å². The molecule has 24 heavy (non-hydrogen) atoms. The van der Waals surface area contributed by atoms with Gasteiger partial charge >= 0.3 is 0 Å². The van der Waals surface area contributed by atoms with E-state index in [1.54, 1.807) is 6.07 Å². The molecule has 4 heteroatoms. The highest BCUT2D eigenvalue weighted by molar-refractivity contribution is 14.1. The molecule has 0 aliphatic carbocycles. The van der Waals surface area contributed by atoms with E-state index in [-0.39, 0.29) is 5.82 Å². The van der Waals surface area contributed by atoms with Crippen LogP contribution in [0.1, 0.15) is 12.5 Å². The van der Waals surface area contributed by atoms with Gasteiger partial charge in [0.25, 0.3) is 0 Å². The third-order valence-electron chi connectivity index (χ3n) is 4.25. The van der Waals surface area contributed by atoms with Gasteiger partial charge in [0, 0.05) is 10.8 Å². The topological polar surface area (TPSA) is 3.24 Å². The molecule has 0 aliphatic rings. The lowest BCUT2D eigenvalue weighted by atomic mass is 10.1. The van der Waals surface area contributed by atoms with Crippen LogP contribution >= 0.6 is 34.2 Å². The van der Waals surface area contributed by atoms with Crippen LogP contribution in [0.3, 0.4) is 0 Å². The zero-order valence-electron chi connectivity index (χ0n) is 13.1. The van der Waals surface area contributed by atoms with Crippen molar-refractivity contribution in [1.82, 2.24) is 0 Å². The van der Waals surface area contributed by atoms with Crippen LogP contribution in [0.4, 0.5) is 15.8 Å². The molecule has 1 nitrogen and oxygen atoms in total. The molecule has 1 heterocycles. The Morgan fingerprint density at radius 1 is 0.875 bits per heavy atom. The molecule has 0 N–H and O–H groups in total. The fraction of sp³-hybridized carbons (Fsp3) is 0.100. The Bertz CT molecular complexity index is 1040. The number of hydrogen-bond acceptors (Lipinski definition) is 2. The Labute approximate surface area is 158 Å². The van der Waals surface area contributed by atoms with Crippen LogP contribution in [-0.4, -0.2) is 0 Å². The van der Waals surface area contributed by atoms with Crippen LogP contribution < -0.4 is 3.11 Å². The summed E-state index contributed by atoms with van der Waals surface area (Å²) in [5.41, 5.74) is 3.59. The molecule has 0 aliphatic heterocycles. The SMILES string of the molecule is CCc1ccccc1N(I)c1cccc2c1sc1c(F)cccc12. The second kappa shape index (κ2) is 6.33. The molecule has 0 unspecified atom stereocenters. The standard InChI is InChI=1S/C20H15FINS/c1-2-13-7-3-4-11-17(13)23(22)18-12-6-9-15-14-8-5-10-16(21)19(14)24-20(15)18/h3-12H,2H2,1H3. The van der Waals surface area contributed by atoms with Crippen molar-refractivity contribution in [2.75, 3.05) is 3.11 Å². The first kappa shape index (κ1) is 15.8. The minimum Gasteiger partial charge on any atom is -0.281 e. The molecule has 0 bridgehead atoms. The van der Waals surface area contributed by atoms with Gasteiger partial charge in [-0.25, -0.2) is 4.39 Å². The summed E-state index contributed by atoms with van der Waals surface area (Å²) in [5.74, 6) is -0.145. The summed E-state index contributed by atoms with van der Waals surface area (Å²) in [4.78, 5) is 0. The van der Waals surface area contributed by atoms with Gasteiger partial charge in [0.15, 0.2) is 0 Å². The van der Waals surface area contributed by atoms with E-state index in [0.717, 1.165) is 32.3 Å². The fourth-order valence-corrected chi connectivity index (χ4v) is 5.30. The molecule has 0 saturated heterocycles. The van der Waals surface area contributed by atoms with Crippen LogP contribution in [0, 0.1) is 5.82 Å². The van der Waals surface area contributed by atoms with E-state index in [9.17, 15) is 4.39 Å². The van der Waals surface area contributed by atoms with Crippen LogP contribution in [0.2, 0.25) is 0 Å². The van der Waals surface area contributed by atoms with Crippen LogP contribution in [0.25, 0.3) is 20.2 Å². The normalized spacial score (nSPS) is 11.3. The van der Waals surface area contributed by atoms with E-state index in [0.29, 0.717) is 0 Å². The van der Waals surface area contributed by atoms with Gasteiger partial charge in [-0.3, -0.25) is 3.11 Å². The summed E-state index contributed by atoms with van der Waals surface area (Å²) in [6.07, 6.45) is 0.979. The molecule has 0 amide bonds. The number of anilines is 2. The molecule has 1 aromatic heterocycles. The third kappa shape index (κ3) is 2.48. The van der Waals surface area contributed by atoms with Crippen molar-refractivity contribution in [3.05, 3.63) is 72.0 Å². The summed E-state index contributed by atoms with van der Waals surface area (Å²) in [7, 11) is 0. The van der Waals surface area contributed by atoms with Gasteiger partial charge in [-0.05, 0) is 30.2 Å². The van der Waals surface area contributed by atoms with Crippen molar-refractivity contribution in [2.45, 2.75) is 13.3 Å². The number of nitrogens with zero attached hydrogens (tertiary/aromatic N) is 1. The first-order valence-corrected chi connectivity index (χ1v) is 9.62. The van der Waals surface area contributed by atoms with Gasteiger partial charge in [0.1, 0.15) is 5.82 Å². The highest BCUT2D eigenvalue weighted by atomic mass is 127. The molecule has 0 atom stereocenters. The minimum atomic E-state index is -0.145. The van der Waals surface area contributed by atoms with Crippen molar-refractivity contribution in [2.24, 2.45) is 0 Å². The lowest BCUT2D eigenvalue weighted by molar-refractivity contribution is 0.642. The quantitative estimate of drug-likeness (QED) is 0.236.